The average molecular weight is 289 g/mol. The number of hydrogen-bond donors (Lipinski definition) is 2. The Morgan fingerprint density at radius 1 is 1.37 bits per heavy atom. The smallest absolute Gasteiger partial charge is 0.234 e. The van der Waals surface area contributed by atoms with Crippen molar-refractivity contribution in [3.63, 3.8) is 0 Å². The molecule has 1 rings (SSSR count). The van der Waals surface area contributed by atoms with E-state index in [0.717, 1.165) is 16.9 Å². The zero-order valence-electron chi connectivity index (χ0n) is 11.3. The fraction of sp³-hybridized carbons (Fsp3) is 0.462. The first-order valence-electron chi connectivity index (χ1n) is 5.85. The van der Waals surface area contributed by atoms with Crippen LogP contribution in [0.4, 0.5) is 0 Å². The monoisotopic (exact) mass is 288 g/mol. The highest BCUT2D eigenvalue weighted by Crippen LogP contribution is 2.20. The van der Waals surface area contributed by atoms with E-state index in [4.69, 9.17) is 15.2 Å². The molecule has 0 aliphatic rings. The Balaban J connectivity index is 0.00000324. The average Bonchev–Trinajstić information content (AvgIpc) is 2.37. The van der Waals surface area contributed by atoms with Gasteiger partial charge in [0.1, 0.15) is 12.4 Å². The molecule has 0 aliphatic heterocycles. The van der Waals surface area contributed by atoms with Crippen LogP contribution < -0.4 is 15.8 Å². The second-order valence-electron chi connectivity index (χ2n) is 3.93. The lowest BCUT2D eigenvalue weighted by atomic mass is 10.1. The molecule has 0 bridgehead atoms. The van der Waals surface area contributed by atoms with E-state index in [2.05, 4.69) is 5.32 Å². The summed E-state index contributed by atoms with van der Waals surface area (Å²) in [5.41, 5.74) is 7.27. The Hall–Kier alpha value is -1.30. The summed E-state index contributed by atoms with van der Waals surface area (Å²) in [6.45, 7) is 3.41. The van der Waals surface area contributed by atoms with Gasteiger partial charge >= 0.3 is 0 Å². The van der Waals surface area contributed by atoms with Crippen LogP contribution in [0.25, 0.3) is 0 Å². The van der Waals surface area contributed by atoms with E-state index in [0.29, 0.717) is 19.8 Å². The maximum Gasteiger partial charge on any atom is 0.234 e. The number of aryl methyl sites for hydroxylation is 1. The third-order valence-corrected chi connectivity index (χ3v) is 2.43. The van der Waals surface area contributed by atoms with Crippen LogP contribution in [0.3, 0.4) is 0 Å². The van der Waals surface area contributed by atoms with Gasteiger partial charge in [-0.1, -0.05) is 12.1 Å². The van der Waals surface area contributed by atoms with Crippen molar-refractivity contribution in [2.45, 2.75) is 13.5 Å². The maximum absolute atomic E-state index is 11.1. The highest BCUT2D eigenvalue weighted by atomic mass is 35.5. The molecule has 0 aromatic heterocycles. The van der Waals surface area contributed by atoms with Gasteiger partial charge in [0, 0.05) is 19.2 Å². The Bertz CT molecular complexity index is 399. The van der Waals surface area contributed by atoms with Gasteiger partial charge < -0.3 is 20.5 Å². The van der Waals surface area contributed by atoms with Crippen molar-refractivity contribution in [1.82, 2.24) is 5.32 Å². The van der Waals surface area contributed by atoms with Crippen molar-refractivity contribution in [2.24, 2.45) is 5.73 Å². The van der Waals surface area contributed by atoms with Gasteiger partial charge in [-0.05, 0) is 18.6 Å². The van der Waals surface area contributed by atoms with E-state index in [1.54, 1.807) is 7.11 Å². The zero-order valence-corrected chi connectivity index (χ0v) is 12.1. The fourth-order valence-corrected chi connectivity index (χ4v) is 1.44. The largest absolute Gasteiger partial charge is 0.491 e. The van der Waals surface area contributed by atoms with E-state index in [9.17, 15) is 4.79 Å². The molecule has 1 aromatic rings. The van der Waals surface area contributed by atoms with Crippen molar-refractivity contribution in [1.29, 1.82) is 0 Å². The molecule has 1 amide bonds. The zero-order chi connectivity index (χ0) is 13.4. The maximum atomic E-state index is 11.1. The second-order valence-corrected chi connectivity index (χ2v) is 3.93. The molecule has 0 aliphatic carbocycles. The number of methoxy groups -OCH3 is 1. The minimum absolute atomic E-state index is 0. The lowest BCUT2D eigenvalue weighted by Crippen LogP contribution is -2.29. The summed E-state index contributed by atoms with van der Waals surface area (Å²) >= 11 is 0. The van der Waals surface area contributed by atoms with Crippen LogP contribution in [0, 0.1) is 6.92 Å². The first-order valence-corrected chi connectivity index (χ1v) is 5.85. The van der Waals surface area contributed by atoms with Crippen molar-refractivity contribution in [3.05, 3.63) is 29.3 Å². The molecule has 0 fully saturated rings. The number of rotatable bonds is 7. The van der Waals surface area contributed by atoms with E-state index >= 15 is 0 Å². The van der Waals surface area contributed by atoms with Crippen LogP contribution in [0.5, 0.6) is 5.75 Å². The van der Waals surface area contributed by atoms with Gasteiger partial charge in [0.15, 0.2) is 0 Å². The molecular formula is C13H21ClN2O3. The lowest BCUT2D eigenvalue weighted by Gasteiger charge is -2.12. The van der Waals surface area contributed by atoms with Gasteiger partial charge in [0.2, 0.25) is 5.91 Å². The summed E-state index contributed by atoms with van der Waals surface area (Å²) in [7, 11) is 1.63. The van der Waals surface area contributed by atoms with Crippen molar-refractivity contribution in [2.75, 3.05) is 26.9 Å². The number of carbonyl (C=O) groups excluding carboxylic acids is 1. The number of nitrogens with one attached hydrogen (secondary N) is 1. The standard InChI is InChI=1S/C13H20N2O3.ClH/c1-10-3-4-11(9-15-13(16)8-14)12(7-10)18-6-5-17-2;/h3-4,7H,5-6,8-9,14H2,1-2H3,(H,15,16);1H. The molecule has 0 radical (unpaired) electrons. The highest BCUT2D eigenvalue weighted by molar-refractivity contribution is 5.85. The fourth-order valence-electron chi connectivity index (χ4n) is 1.44. The molecule has 3 N–H and O–H groups in total. The van der Waals surface area contributed by atoms with Crippen molar-refractivity contribution in [3.8, 4) is 5.75 Å². The molecule has 5 nitrogen and oxygen atoms in total. The SMILES string of the molecule is COCCOc1cc(C)ccc1CNC(=O)CN.Cl. The molecule has 6 heteroatoms. The predicted molar refractivity (Wildman–Crippen MR) is 76.7 cm³/mol. The van der Waals surface area contributed by atoms with Gasteiger partial charge in [-0.25, -0.2) is 0 Å². The van der Waals surface area contributed by atoms with E-state index in [1.807, 2.05) is 25.1 Å². The van der Waals surface area contributed by atoms with Crippen LogP contribution >= 0.6 is 12.4 Å². The third-order valence-electron chi connectivity index (χ3n) is 2.43. The Kier molecular flexibility index (Phi) is 8.95. The van der Waals surface area contributed by atoms with Crippen molar-refractivity contribution < 1.29 is 14.3 Å². The second kappa shape index (κ2) is 9.61. The first-order chi connectivity index (χ1) is 8.67. The number of nitrogens with two attached hydrogens (primary N) is 1. The first kappa shape index (κ1) is 17.7. The molecule has 108 valence electrons. The quantitative estimate of drug-likeness (QED) is 0.735. The number of benzene rings is 1. The summed E-state index contributed by atoms with van der Waals surface area (Å²) in [5.74, 6) is 0.586. The summed E-state index contributed by atoms with van der Waals surface area (Å²) in [5, 5.41) is 2.72. The van der Waals surface area contributed by atoms with Gasteiger partial charge in [-0.15, -0.1) is 12.4 Å². The molecule has 1 aromatic carbocycles. The van der Waals surface area contributed by atoms with Crippen LogP contribution in [0.15, 0.2) is 18.2 Å². The van der Waals surface area contributed by atoms with E-state index < -0.39 is 0 Å². The van der Waals surface area contributed by atoms with Crippen LogP contribution in [-0.2, 0) is 16.1 Å². The van der Waals surface area contributed by atoms with Gasteiger partial charge in [-0.3, -0.25) is 4.79 Å². The van der Waals surface area contributed by atoms with Crippen LogP contribution in [0.1, 0.15) is 11.1 Å². The highest BCUT2D eigenvalue weighted by Gasteiger charge is 2.05. The minimum Gasteiger partial charge on any atom is -0.491 e. The number of hydrogen-bond acceptors (Lipinski definition) is 4. The summed E-state index contributed by atoms with van der Waals surface area (Å²) in [6.07, 6.45) is 0. The Morgan fingerprint density at radius 3 is 2.74 bits per heavy atom. The number of amides is 1. The topological polar surface area (TPSA) is 73.6 Å². The molecule has 0 saturated heterocycles. The molecular weight excluding hydrogens is 268 g/mol. The normalized spacial score (nSPS) is 9.63. The van der Waals surface area contributed by atoms with Crippen molar-refractivity contribution >= 4 is 18.3 Å². The lowest BCUT2D eigenvalue weighted by molar-refractivity contribution is -0.119. The summed E-state index contributed by atoms with van der Waals surface area (Å²) in [6, 6.07) is 5.86. The van der Waals surface area contributed by atoms with E-state index in [1.165, 1.54) is 0 Å². The molecule has 0 heterocycles. The van der Waals surface area contributed by atoms with E-state index in [-0.39, 0.29) is 24.9 Å². The number of carbonyl (C=O) groups is 1. The van der Waals surface area contributed by atoms with Gasteiger partial charge in [-0.2, -0.15) is 0 Å². The molecule has 0 unspecified atom stereocenters. The van der Waals surface area contributed by atoms with Crippen LogP contribution in [0.2, 0.25) is 0 Å². The Morgan fingerprint density at radius 2 is 2.11 bits per heavy atom. The molecule has 0 saturated carbocycles. The minimum atomic E-state index is -0.182. The number of halogens is 1. The third kappa shape index (κ3) is 6.42. The molecule has 0 atom stereocenters. The molecule has 19 heavy (non-hydrogen) atoms. The van der Waals surface area contributed by atoms with Gasteiger partial charge in [0.05, 0.1) is 13.2 Å². The predicted octanol–water partition coefficient (Wildman–Crippen LogP) is 1.02. The molecule has 0 spiro atoms. The summed E-state index contributed by atoms with van der Waals surface area (Å²) < 4.78 is 10.6. The summed E-state index contributed by atoms with van der Waals surface area (Å²) in [4.78, 5) is 11.1. The Labute approximate surface area is 119 Å². The van der Waals surface area contributed by atoms with Crippen LogP contribution in [-0.4, -0.2) is 32.8 Å². The number of ether oxygens (including phenoxy) is 2. The van der Waals surface area contributed by atoms with Gasteiger partial charge in [0.25, 0.3) is 0 Å².